The van der Waals surface area contributed by atoms with Gasteiger partial charge in [-0.3, -0.25) is 9.69 Å². The van der Waals surface area contributed by atoms with Crippen LogP contribution in [0.1, 0.15) is 12.0 Å². The molecule has 0 radical (unpaired) electrons. The van der Waals surface area contributed by atoms with E-state index in [0.717, 1.165) is 23.8 Å². The Hall–Kier alpha value is -2.22. The number of hydrogen-bond acceptors (Lipinski definition) is 4. The Kier molecular flexibility index (Phi) is 5.41. The minimum absolute atomic E-state index is 0.125. The van der Waals surface area contributed by atoms with Gasteiger partial charge in [0.1, 0.15) is 0 Å². The molecule has 0 atom stereocenters. The summed E-state index contributed by atoms with van der Waals surface area (Å²) in [6.45, 7) is 1.91. The zero-order valence-electron chi connectivity index (χ0n) is 15.0. The Morgan fingerprint density at radius 2 is 1.81 bits per heavy atom. The minimum Gasteiger partial charge on any atom is -0.301 e. The Labute approximate surface area is 154 Å². The predicted octanol–water partition coefficient (Wildman–Crippen LogP) is 1.85. The lowest BCUT2D eigenvalue weighted by atomic mass is 10.00. The van der Waals surface area contributed by atoms with Gasteiger partial charge >= 0.3 is 0 Å². The molecule has 0 spiro atoms. The monoisotopic (exact) mass is 373 g/mol. The van der Waals surface area contributed by atoms with Crippen LogP contribution < -0.4 is 5.56 Å². The molecule has 1 aliphatic heterocycles. The number of rotatable bonds is 5. The molecule has 0 bridgehead atoms. The molecule has 0 N–H and O–H groups in total. The van der Waals surface area contributed by atoms with E-state index in [1.54, 1.807) is 0 Å². The van der Waals surface area contributed by atoms with E-state index >= 15 is 0 Å². The molecule has 0 fully saturated rings. The van der Waals surface area contributed by atoms with E-state index in [4.69, 9.17) is 0 Å². The normalized spacial score (nSPS) is 15.9. The van der Waals surface area contributed by atoms with Crippen LogP contribution in [0.4, 0.5) is 0 Å². The first kappa shape index (κ1) is 18.6. The molecular formula is C19H23N3O3S. The lowest BCUT2D eigenvalue weighted by molar-refractivity contribution is 0.236. The molecule has 1 aromatic heterocycles. The second kappa shape index (κ2) is 7.57. The fraction of sp³-hybridized carbons (Fsp3) is 0.316. The first-order valence-corrected chi connectivity index (χ1v) is 9.92. The van der Waals surface area contributed by atoms with Crippen LogP contribution in [0, 0.1) is 0 Å². The molecule has 26 heavy (non-hydrogen) atoms. The van der Waals surface area contributed by atoms with Gasteiger partial charge in [-0.05, 0) is 23.6 Å². The largest absolute Gasteiger partial charge is 0.301 e. The highest BCUT2D eigenvalue weighted by Gasteiger charge is 2.19. The van der Waals surface area contributed by atoms with Crippen LogP contribution in [0.15, 0.2) is 64.4 Å². The molecule has 6 nitrogen and oxygen atoms in total. The van der Waals surface area contributed by atoms with Gasteiger partial charge in [0.2, 0.25) is 10.0 Å². The van der Waals surface area contributed by atoms with Crippen molar-refractivity contribution in [2.75, 3.05) is 27.2 Å². The second-order valence-corrected chi connectivity index (χ2v) is 8.68. The van der Waals surface area contributed by atoms with E-state index in [9.17, 15) is 13.2 Å². The fourth-order valence-corrected chi connectivity index (χ4v) is 3.87. The molecule has 0 aliphatic carbocycles. The molecule has 0 unspecified atom stereocenters. The van der Waals surface area contributed by atoms with Crippen molar-refractivity contribution in [3.05, 3.63) is 70.7 Å². The number of benzene rings is 1. The molecule has 2 heterocycles. The number of aromatic nitrogens is 1. The number of hydrogen-bond donors (Lipinski definition) is 0. The highest BCUT2D eigenvalue weighted by Crippen LogP contribution is 2.22. The summed E-state index contributed by atoms with van der Waals surface area (Å²) in [7, 11) is -0.604. The van der Waals surface area contributed by atoms with Crippen molar-refractivity contribution >= 4 is 15.6 Å². The minimum atomic E-state index is -3.56. The third kappa shape index (κ3) is 3.95. The summed E-state index contributed by atoms with van der Waals surface area (Å²) in [6.07, 6.45) is 4.49. The van der Waals surface area contributed by atoms with E-state index in [1.165, 1.54) is 48.1 Å². The zero-order chi connectivity index (χ0) is 18.7. The topological polar surface area (TPSA) is 62.6 Å². The summed E-state index contributed by atoms with van der Waals surface area (Å²) in [4.78, 5) is 14.4. The summed E-state index contributed by atoms with van der Waals surface area (Å²) in [5, 5.41) is 0. The van der Waals surface area contributed by atoms with Gasteiger partial charge in [-0.2, -0.15) is 0 Å². The van der Waals surface area contributed by atoms with Crippen LogP contribution in [0.5, 0.6) is 0 Å². The number of sulfonamides is 1. The van der Waals surface area contributed by atoms with Crippen molar-refractivity contribution in [3.8, 4) is 0 Å². The average molecular weight is 373 g/mol. The van der Waals surface area contributed by atoms with Gasteiger partial charge in [0.15, 0.2) is 0 Å². The third-order valence-corrected chi connectivity index (χ3v) is 6.32. The fourth-order valence-electron chi connectivity index (χ4n) is 2.95. The average Bonchev–Trinajstić information content (AvgIpc) is 2.64. The highest BCUT2D eigenvalue weighted by molar-refractivity contribution is 7.89. The maximum Gasteiger partial charge on any atom is 0.251 e. The highest BCUT2D eigenvalue weighted by atomic mass is 32.2. The SMILES string of the molecule is CN(C)S(=O)(=O)c1ccc(=O)n(CN2CC=C(c3ccccc3)CC2)c1. The van der Waals surface area contributed by atoms with Crippen LogP contribution in [-0.4, -0.2) is 49.4 Å². The molecule has 3 rings (SSSR count). The summed E-state index contributed by atoms with van der Waals surface area (Å²) < 4.78 is 27.2. The zero-order valence-corrected chi connectivity index (χ0v) is 15.8. The van der Waals surface area contributed by atoms with E-state index in [0.29, 0.717) is 6.67 Å². The standard InChI is InChI=1S/C19H23N3O3S/c1-20(2)26(24,25)18-8-9-19(23)22(14-18)15-21-12-10-17(11-13-21)16-6-4-3-5-7-16/h3-10,14H,11-13,15H2,1-2H3. The lowest BCUT2D eigenvalue weighted by Crippen LogP contribution is -2.35. The van der Waals surface area contributed by atoms with Gasteiger partial charge in [-0.25, -0.2) is 12.7 Å². The molecule has 1 aromatic carbocycles. The summed E-state index contributed by atoms with van der Waals surface area (Å²) in [5.41, 5.74) is 2.32. The summed E-state index contributed by atoms with van der Waals surface area (Å²) in [5.74, 6) is 0. The van der Waals surface area contributed by atoms with Gasteiger partial charge in [0.25, 0.3) is 5.56 Å². The van der Waals surface area contributed by atoms with Crippen LogP contribution in [-0.2, 0) is 16.7 Å². The molecule has 138 valence electrons. The number of nitrogens with zero attached hydrogens (tertiary/aromatic N) is 3. The van der Waals surface area contributed by atoms with Gasteiger partial charge in [0, 0.05) is 39.4 Å². The first-order chi connectivity index (χ1) is 12.4. The molecular weight excluding hydrogens is 350 g/mol. The Morgan fingerprint density at radius 3 is 2.42 bits per heavy atom. The van der Waals surface area contributed by atoms with Crippen molar-refractivity contribution in [1.82, 2.24) is 13.8 Å². The van der Waals surface area contributed by atoms with Gasteiger partial charge in [-0.1, -0.05) is 36.4 Å². The number of pyridine rings is 1. The van der Waals surface area contributed by atoms with Gasteiger partial charge in [-0.15, -0.1) is 0 Å². The maximum absolute atomic E-state index is 12.3. The molecule has 2 aromatic rings. The third-order valence-electron chi connectivity index (χ3n) is 4.53. The lowest BCUT2D eigenvalue weighted by Gasteiger charge is -2.27. The smallest absolute Gasteiger partial charge is 0.251 e. The second-order valence-electron chi connectivity index (χ2n) is 6.52. The van der Waals surface area contributed by atoms with Gasteiger partial charge in [0.05, 0.1) is 11.6 Å². The van der Waals surface area contributed by atoms with Crippen molar-refractivity contribution in [2.45, 2.75) is 18.0 Å². The van der Waals surface area contributed by atoms with Crippen molar-refractivity contribution in [2.24, 2.45) is 0 Å². The van der Waals surface area contributed by atoms with Crippen LogP contribution in [0.2, 0.25) is 0 Å². The van der Waals surface area contributed by atoms with Crippen LogP contribution in [0.3, 0.4) is 0 Å². The maximum atomic E-state index is 12.3. The molecule has 0 saturated heterocycles. The molecule has 0 saturated carbocycles. The summed E-state index contributed by atoms with van der Waals surface area (Å²) in [6, 6.07) is 12.9. The van der Waals surface area contributed by atoms with Crippen LogP contribution >= 0.6 is 0 Å². The van der Waals surface area contributed by atoms with E-state index in [1.807, 2.05) is 18.2 Å². The van der Waals surface area contributed by atoms with Crippen LogP contribution in [0.25, 0.3) is 5.57 Å². The van der Waals surface area contributed by atoms with E-state index < -0.39 is 10.0 Å². The predicted molar refractivity (Wildman–Crippen MR) is 102 cm³/mol. The molecule has 1 aliphatic rings. The summed E-state index contributed by atoms with van der Waals surface area (Å²) >= 11 is 0. The van der Waals surface area contributed by atoms with E-state index in [-0.39, 0.29) is 10.5 Å². The van der Waals surface area contributed by atoms with E-state index in [2.05, 4.69) is 23.1 Å². The van der Waals surface area contributed by atoms with Crippen molar-refractivity contribution < 1.29 is 8.42 Å². The quantitative estimate of drug-likeness (QED) is 0.802. The first-order valence-electron chi connectivity index (χ1n) is 8.48. The van der Waals surface area contributed by atoms with Gasteiger partial charge < -0.3 is 4.57 Å². The molecule has 0 amide bonds. The van der Waals surface area contributed by atoms with Crippen molar-refractivity contribution in [1.29, 1.82) is 0 Å². The Balaban J connectivity index is 1.76. The van der Waals surface area contributed by atoms with Crippen molar-refractivity contribution in [3.63, 3.8) is 0 Å². The Morgan fingerprint density at radius 1 is 1.08 bits per heavy atom. The Bertz CT molecular complexity index is 963. The molecule has 7 heteroatoms.